The molecule has 10 aromatic rings. The van der Waals surface area contributed by atoms with Crippen LogP contribution < -0.4 is 0 Å². The molecule has 0 aliphatic carbocycles. The number of nitrogens with zero attached hydrogens (tertiary/aromatic N) is 6. The minimum Gasteiger partial charge on any atom is -0.307 e. The van der Waals surface area contributed by atoms with Gasteiger partial charge in [-0.3, -0.25) is 9.55 Å². The molecule has 0 saturated heterocycles. The van der Waals surface area contributed by atoms with E-state index in [0.29, 0.717) is 17.6 Å². The number of fused-ring (bicyclic) bond motifs is 9. The average molecular weight is 615 g/mol. The number of pyridine rings is 1. The molecule has 0 aliphatic rings. The maximum absolute atomic E-state index is 5.23. The van der Waals surface area contributed by atoms with Crippen molar-refractivity contribution >= 4 is 54.4 Å². The van der Waals surface area contributed by atoms with Crippen molar-refractivity contribution in [2.45, 2.75) is 0 Å². The van der Waals surface area contributed by atoms with E-state index < -0.39 is 0 Å². The first kappa shape index (κ1) is 26.5. The second kappa shape index (κ2) is 10.4. The number of aromatic nitrogens is 6. The zero-order valence-electron chi connectivity index (χ0n) is 25.7. The summed E-state index contributed by atoms with van der Waals surface area (Å²) in [6.07, 6.45) is 3.82. The maximum Gasteiger partial charge on any atom is 0.238 e. The van der Waals surface area contributed by atoms with Crippen LogP contribution in [0.3, 0.4) is 0 Å². The van der Waals surface area contributed by atoms with E-state index in [-0.39, 0.29) is 0 Å². The Kier molecular flexibility index (Phi) is 5.77. The third kappa shape index (κ3) is 3.93. The van der Waals surface area contributed by atoms with Crippen LogP contribution in [-0.2, 0) is 0 Å². The highest BCUT2D eigenvalue weighted by atomic mass is 15.2. The molecule has 48 heavy (non-hydrogen) atoms. The predicted octanol–water partition coefficient (Wildman–Crippen LogP) is 9.95. The minimum atomic E-state index is 0.559. The molecule has 4 aromatic heterocycles. The van der Waals surface area contributed by atoms with Gasteiger partial charge in [0.25, 0.3) is 0 Å². The van der Waals surface area contributed by atoms with Crippen LogP contribution >= 0.6 is 0 Å². The Morgan fingerprint density at radius 1 is 0.417 bits per heavy atom. The summed E-state index contributed by atoms with van der Waals surface area (Å²) in [4.78, 5) is 20.0. The van der Waals surface area contributed by atoms with Gasteiger partial charge in [0.1, 0.15) is 0 Å². The van der Waals surface area contributed by atoms with E-state index in [1.807, 2.05) is 73.1 Å². The van der Waals surface area contributed by atoms with Crippen LogP contribution in [0.4, 0.5) is 0 Å². The van der Waals surface area contributed by atoms with Gasteiger partial charge in [-0.2, -0.15) is 9.97 Å². The van der Waals surface area contributed by atoms with Crippen molar-refractivity contribution in [2.75, 3.05) is 0 Å². The van der Waals surface area contributed by atoms with Crippen LogP contribution in [-0.4, -0.2) is 29.1 Å². The standard InChI is InChI=1S/C42H26N6/c1-4-12-28(13-5-1)40-44-41(29-14-6-2-7-15-29)46-42(45-40)48-36-23-20-27-24-25-43-26-34(27)37(36)33-22-21-32-31-18-10-11-19-35(31)47(38(32)39(33)48)30-16-8-3-9-17-30/h1-26H. The third-order valence-corrected chi connectivity index (χ3v) is 9.25. The van der Waals surface area contributed by atoms with Gasteiger partial charge in [0, 0.05) is 56.1 Å². The van der Waals surface area contributed by atoms with Gasteiger partial charge in [-0.15, -0.1) is 0 Å². The molecule has 10 rings (SSSR count). The molecule has 0 unspecified atom stereocenters. The summed E-state index contributed by atoms with van der Waals surface area (Å²) >= 11 is 0. The molecule has 6 aromatic carbocycles. The fraction of sp³-hybridized carbons (Fsp3) is 0. The van der Waals surface area contributed by atoms with Gasteiger partial charge < -0.3 is 4.57 Å². The van der Waals surface area contributed by atoms with E-state index in [2.05, 4.69) is 99.0 Å². The van der Waals surface area contributed by atoms with Gasteiger partial charge in [0.2, 0.25) is 5.95 Å². The molecular weight excluding hydrogens is 589 g/mol. The lowest BCUT2D eigenvalue weighted by molar-refractivity contribution is 0.953. The molecule has 0 saturated carbocycles. The van der Waals surface area contributed by atoms with Crippen molar-refractivity contribution in [3.05, 3.63) is 158 Å². The second-order valence-corrected chi connectivity index (χ2v) is 12.0. The molecule has 0 amide bonds. The number of hydrogen-bond donors (Lipinski definition) is 0. The second-order valence-electron chi connectivity index (χ2n) is 12.0. The highest BCUT2D eigenvalue weighted by molar-refractivity contribution is 6.28. The van der Waals surface area contributed by atoms with Gasteiger partial charge in [0.05, 0.1) is 22.1 Å². The van der Waals surface area contributed by atoms with Gasteiger partial charge in [-0.1, -0.05) is 115 Å². The predicted molar refractivity (Wildman–Crippen MR) is 195 cm³/mol. The van der Waals surface area contributed by atoms with Crippen molar-refractivity contribution < 1.29 is 0 Å². The first-order valence-corrected chi connectivity index (χ1v) is 16.0. The van der Waals surface area contributed by atoms with E-state index in [0.717, 1.165) is 65.8 Å². The van der Waals surface area contributed by atoms with E-state index in [4.69, 9.17) is 15.0 Å². The topological polar surface area (TPSA) is 61.4 Å². The molecule has 0 aliphatic heterocycles. The Morgan fingerprint density at radius 2 is 1.04 bits per heavy atom. The Balaban J connectivity index is 1.44. The van der Waals surface area contributed by atoms with Crippen molar-refractivity contribution in [3.63, 3.8) is 0 Å². The fourth-order valence-electron chi connectivity index (χ4n) is 7.16. The third-order valence-electron chi connectivity index (χ3n) is 9.25. The minimum absolute atomic E-state index is 0.559. The van der Waals surface area contributed by atoms with Crippen LogP contribution in [0.1, 0.15) is 0 Å². The molecule has 6 nitrogen and oxygen atoms in total. The summed E-state index contributed by atoms with van der Waals surface area (Å²) in [6.45, 7) is 0. The Bertz CT molecular complexity index is 2760. The lowest BCUT2D eigenvalue weighted by Gasteiger charge is -2.13. The number of para-hydroxylation sites is 2. The normalized spacial score (nSPS) is 11.8. The SMILES string of the molecule is c1ccc(-c2nc(-c3ccccc3)nc(-n3c4ccc5ccncc5c4c4ccc5c6ccccc6n(-c6ccccc6)c5c43)n2)cc1. The van der Waals surface area contributed by atoms with E-state index in [1.165, 1.54) is 5.39 Å². The summed E-state index contributed by atoms with van der Waals surface area (Å²) in [5, 5.41) is 6.79. The highest BCUT2D eigenvalue weighted by Crippen LogP contribution is 2.43. The summed E-state index contributed by atoms with van der Waals surface area (Å²) in [5.74, 6) is 1.80. The lowest BCUT2D eigenvalue weighted by Crippen LogP contribution is -2.07. The number of benzene rings is 6. The van der Waals surface area contributed by atoms with Gasteiger partial charge in [-0.25, -0.2) is 4.98 Å². The van der Waals surface area contributed by atoms with Crippen LogP contribution in [0.15, 0.2) is 158 Å². The first-order valence-electron chi connectivity index (χ1n) is 16.0. The van der Waals surface area contributed by atoms with Gasteiger partial charge >= 0.3 is 0 Å². The zero-order chi connectivity index (χ0) is 31.6. The molecule has 0 atom stereocenters. The van der Waals surface area contributed by atoms with E-state index in [1.54, 1.807) is 0 Å². The molecule has 6 heteroatoms. The summed E-state index contributed by atoms with van der Waals surface area (Å²) in [5.41, 5.74) is 7.21. The number of rotatable bonds is 4. The first-order chi connectivity index (χ1) is 23.8. The van der Waals surface area contributed by atoms with Crippen molar-refractivity contribution in [1.82, 2.24) is 29.1 Å². The summed E-state index contributed by atoms with van der Waals surface area (Å²) in [6, 6.07) is 50.4. The smallest absolute Gasteiger partial charge is 0.238 e. The van der Waals surface area contributed by atoms with Crippen LogP contribution in [0.5, 0.6) is 0 Å². The maximum atomic E-state index is 5.23. The molecule has 0 fully saturated rings. The van der Waals surface area contributed by atoms with E-state index >= 15 is 0 Å². The van der Waals surface area contributed by atoms with E-state index in [9.17, 15) is 0 Å². The van der Waals surface area contributed by atoms with Crippen LogP contribution in [0, 0.1) is 0 Å². The number of hydrogen-bond acceptors (Lipinski definition) is 4. The van der Waals surface area contributed by atoms with Crippen molar-refractivity contribution in [3.8, 4) is 34.4 Å². The molecule has 0 bridgehead atoms. The largest absolute Gasteiger partial charge is 0.307 e. The fourth-order valence-corrected chi connectivity index (χ4v) is 7.16. The Morgan fingerprint density at radius 3 is 1.77 bits per heavy atom. The van der Waals surface area contributed by atoms with Crippen molar-refractivity contribution in [2.24, 2.45) is 0 Å². The van der Waals surface area contributed by atoms with Crippen molar-refractivity contribution in [1.29, 1.82) is 0 Å². The molecule has 0 radical (unpaired) electrons. The van der Waals surface area contributed by atoms with Crippen LogP contribution in [0.2, 0.25) is 0 Å². The summed E-state index contributed by atoms with van der Waals surface area (Å²) < 4.78 is 4.61. The Labute approximate surface area is 275 Å². The average Bonchev–Trinajstić information content (AvgIpc) is 3.69. The molecule has 0 spiro atoms. The quantitative estimate of drug-likeness (QED) is 0.198. The lowest BCUT2D eigenvalue weighted by atomic mass is 10.0. The van der Waals surface area contributed by atoms with Crippen LogP contribution in [0.25, 0.3) is 88.8 Å². The van der Waals surface area contributed by atoms with Gasteiger partial charge in [0.15, 0.2) is 11.6 Å². The Hall–Kier alpha value is -6.66. The zero-order valence-corrected chi connectivity index (χ0v) is 25.7. The molecular formula is C42H26N6. The molecule has 224 valence electrons. The molecule has 0 N–H and O–H groups in total. The molecule has 4 heterocycles. The summed E-state index contributed by atoms with van der Waals surface area (Å²) in [7, 11) is 0. The monoisotopic (exact) mass is 614 g/mol. The highest BCUT2D eigenvalue weighted by Gasteiger charge is 2.24. The van der Waals surface area contributed by atoms with Gasteiger partial charge in [-0.05, 0) is 35.7 Å².